The van der Waals surface area contributed by atoms with Crippen LogP contribution in [-0.4, -0.2) is 43.9 Å². The van der Waals surface area contributed by atoms with Crippen molar-refractivity contribution in [1.29, 1.82) is 0 Å². The van der Waals surface area contributed by atoms with Crippen LogP contribution in [0.2, 0.25) is 5.02 Å². The van der Waals surface area contributed by atoms with Crippen molar-refractivity contribution in [3.05, 3.63) is 110 Å². The standard InChI is InChI=1S/C25H22ClN5O6/c1-36-13-12-30-24(34)29-23(31(25(30)35)15-16-2-4-17(26)5-3-16)28-18-6-8-19(9-7-18)37-20-10-11-27-21(14-20)22(32)33/h2-11,14H,12-13,15H2,1H3,(H,32,33)(H,28,29,34). The molecule has 12 heteroatoms. The Morgan fingerprint density at radius 1 is 1.05 bits per heavy atom. The molecule has 2 aromatic heterocycles. The molecule has 4 rings (SSSR count). The zero-order valence-corrected chi connectivity index (χ0v) is 20.4. The molecule has 0 aliphatic rings. The summed E-state index contributed by atoms with van der Waals surface area (Å²) in [6.07, 6.45) is 1.34. The number of nitrogens with one attached hydrogen (secondary N) is 1. The second-order valence-electron chi connectivity index (χ2n) is 7.78. The van der Waals surface area contributed by atoms with Crippen molar-refractivity contribution in [1.82, 2.24) is 19.1 Å². The number of pyridine rings is 1. The summed E-state index contributed by atoms with van der Waals surface area (Å²) in [4.78, 5) is 47.9. The number of ether oxygens (including phenoxy) is 2. The van der Waals surface area contributed by atoms with Crippen molar-refractivity contribution in [2.75, 3.05) is 13.7 Å². The number of carboxylic acid groups (broad SMARTS) is 1. The molecule has 0 fully saturated rings. The number of methoxy groups -OCH3 is 1. The van der Waals surface area contributed by atoms with Gasteiger partial charge in [-0.2, -0.15) is 0 Å². The van der Waals surface area contributed by atoms with Gasteiger partial charge in [0.15, 0.2) is 5.69 Å². The van der Waals surface area contributed by atoms with Gasteiger partial charge in [0.25, 0.3) is 0 Å². The predicted octanol–water partition coefficient (Wildman–Crippen LogP) is 2.80. The summed E-state index contributed by atoms with van der Waals surface area (Å²) in [6.45, 7) is 0.414. The highest BCUT2D eigenvalue weighted by molar-refractivity contribution is 6.30. The number of nitrogens with zero attached hydrogens (tertiary/aromatic N) is 4. The molecule has 0 unspecified atom stereocenters. The fourth-order valence-electron chi connectivity index (χ4n) is 3.38. The highest BCUT2D eigenvalue weighted by Crippen LogP contribution is 2.24. The number of aromatic amines is 1. The van der Waals surface area contributed by atoms with Gasteiger partial charge in [0.05, 0.1) is 25.4 Å². The van der Waals surface area contributed by atoms with Crippen molar-refractivity contribution in [3.63, 3.8) is 0 Å². The number of aromatic nitrogens is 4. The van der Waals surface area contributed by atoms with Crippen LogP contribution in [0.3, 0.4) is 0 Å². The van der Waals surface area contributed by atoms with Crippen LogP contribution >= 0.6 is 11.6 Å². The van der Waals surface area contributed by atoms with Crippen LogP contribution in [0.5, 0.6) is 11.5 Å². The first kappa shape index (κ1) is 25.6. The summed E-state index contributed by atoms with van der Waals surface area (Å²) in [5, 5.41) is 9.65. The number of carbonyl (C=O) groups is 1. The lowest BCUT2D eigenvalue weighted by Crippen LogP contribution is -2.50. The number of H-pyrrole nitrogens is 1. The van der Waals surface area contributed by atoms with Gasteiger partial charge in [-0.05, 0) is 48.0 Å². The van der Waals surface area contributed by atoms with Gasteiger partial charge in [0, 0.05) is 24.4 Å². The van der Waals surface area contributed by atoms with Crippen LogP contribution in [0.4, 0.5) is 5.69 Å². The van der Waals surface area contributed by atoms with Gasteiger partial charge in [-0.15, -0.1) is 0 Å². The smallest absolute Gasteiger partial charge is 0.354 e. The Morgan fingerprint density at radius 3 is 2.46 bits per heavy atom. The maximum Gasteiger partial charge on any atom is 0.354 e. The topological polar surface area (TPSA) is 141 Å². The van der Waals surface area contributed by atoms with Gasteiger partial charge in [0.1, 0.15) is 11.5 Å². The molecule has 0 aliphatic heterocycles. The van der Waals surface area contributed by atoms with Crippen LogP contribution in [-0.2, 0) is 17.8 Å². The Balaban J connectivity index is 1.69. The second kappa shape index (κ2) is 11.5. The van der Waals surface area contributed by atoms with E-state index in [1.54, 1.807) is 48.5 Å². The van der Waals surface area contributed by atoms with Crippen molar-refractivity contribution in [2.24, 2.45) is 4.99 Å². The molecular weight excluding hydrogens is 502 g/mol. The molecule has 0 saturated heterocycles. The number of benzene rings is 2. The van der Waals surface area contributed by atoms with E-state index >= 15 is 0 Å². The molecule has 0 bridgehead atoms. The number of halogens is 1. The second-order valence-corrected chi connectivity index (χ2v) is 8.22. The Labute approximate surface area is 214 Å². The maximum atomic E-state index is 13.2. The lowest BCUT2D eigenvalue weighted by molar-refractivity contribution is 0.0690. The Bertz CT molecular complexity index is 1590. The molecule has 190 valence electrons. The maximum absolute atomic E-state index is 13.2. The summed E-state index contributed by atoms with van der Waals surface area (Å²) in [5.74, 6) is -0.425. The minimum atomic E-state index is -1.16. The monoisotopic (exact) mass is 523 g/mol. The van der Waals surface area contributed by atoms with E-state index in [9.17, 15) is 14.4 Å². The number of hydrogen-bond donors (Lipinski definition) is 2. The van der Waals surface area contributed by atoms with Crippen molar-refractivity contribution in [2.45, 2.75) is 13.1 Å². The average Bonchev–Trinajstić information content (AvgIpc) is 2.88. The fraction of sp³-hybridized carbons (Fsp3) is 0.160. The Hall–Kier alpha value is -4.48. The summed E-state index contributed by atoms with van der Waals surface area (Å²) < 4.78 is 13.1. The zero-order chi connectivity index (χ0) is 26.4. The van der Waals surface area contributed by atoms with Crippen LogP contribution in [0, 0.1) is 0 Å². The van der Waals surface area contributed by atoms with E-state index in [0.29, 0.717) is 22.2 Å². The Morgan fingerprint density at radius 2 is 1.78 bits per heavy atom. The highest BCUT2D eigenvalue weighted by atomic mass is 35.5. The Kier molecular flexibility index (Phi) is 7.96. The molecule has 0 spiro atoms. The van der Waals surface area contributed by atoms with Gasteiger partial charge in [-0.3, -0.25) is 9.55 Å². The van der Waals surface area contributed by atoms with Crippen LogP contribution < -0.4 is 21.7 Å². The number of rotatable bonds is 9. The van der Waals surface area contributed by atoms with Crippen molar-refractivity contribution >= 4 is 23.3 Å². The fourth-order valence-corrected chi connectivity index (χ4v) is 3.50. The molecular formula is C25H22ClN5O6. The molecule has 0 atom stereocenters. The molecule has 0 amide bonds. The molecule has 0 radical (unpaired) electrons. The third-order valence-corrected chi connectivity index (χ3v) is 5.46. The first-order chi connectivity index (χ1) is 17.8. The van der Waals surface area contributed by atoms with E-state index < -0.39 is 17.3 Å². The van der Waals surface area contributed by atoms with E-state index in [1.165, 1.54) is 30.0 Å². The number of hydrogen-bond acceptors (Lipinski definition) is 7. The minimum Gasteiger partial charge on any atom is -0.477 e. The van der Waals surface area contributed by atoms with Crippen LogP contribution in [0.25, 0.3) is 0 Å². The first-order valence-corrected chi connectivity index (χ1v) is 11.4. The van der Waals surface area contributed by atoms with Gasteiger partial charge in [-0.25, -0.2) is 28.9 Å². The largest absolute Gasteiger partial charge is 0.477 e. The van der Waals surface area contributed by atoms with E-state index in [1.807, 2.05) is 0 Å². The highest BCUT2D eigenvalue weighted by Gasteiger charge is 2.11. The molecule has 37 heavy (non-hydrogen) atoms. The van der Waals surface area contributed by atoms with Crippen LogP contribution in [0.15, 0.2) is 81.4 Å². The van der Waals surface area contributed by atoms with Gasteiger partial charge < -0.3 is 14.6 Å². The van der Waals surface area contributed by atoms with Gasteiger partial charge in [-0.1, -0.05) is 23.7 Å². The third kappa shape index (κ3) is 6.40. The van der Waals surface area contributed by atoms with Gasteiger partial charge in [0.2, 0.25) is 5.62 Å². The van der Waals surface area contributed by atoms with Gasteiger partial charge >= 0.3 is 17.3 Å². The first-order valence-electron chi connectivity index (χ1n) is 11.0. The molecule has 2 N–H and O–H groups in total. The normalized spacial score (nSPS) is 11.5. The average molecular weight is 524 g/mol. The van der Waals surface area contributed by atoms with Crippen molar-refractivity contribution in [3.8, 4) is 11.5 Å². The zero-order valence-electron chi connectivity index (χ0n) is 19.6. The lowest BCUT2D eigenvalue weighted by atomic mass is 10.2. The SMILES string of the molecule is COCCn1c(=O)[nH]/c(=N\c2ccc(Oc3ccnc(C(=O)O)c3)cc2)n(Cc2ccc(Cl)cc2)c1=O. The third-order valence-electron chi connectivity index (χ3n) is 5.21. The molecule has 4 aromatic rings. The number of carboxylic acids is 1. The van der Waals surface area contributed by atoms with E-state index in [-0.39, 0.29) is 31.0 Å². The van der Waals surface area contributed by atoms with E-state index in [4.69, 9.17) is 26.2 Å². The van der Waals surface area contributed by atoms with E-state index in [0.717, 1.165) is 10.1 Å². The minimum absolute atomic E-state index is 0.0625. The molecule has 0 saturated carbocycles. The number of aromatic carboxylic acids is 1. The lowest BCUT2D eigenvalue weighted by Gasteiger charge is -2.11. The summed E-state index contributed by atoms with van der Waals surface area (Å²) in [7, 11) is 1.48. The van der Waals surface area contributed by atoms with E-state index in [2.05, 4.69) is 15.0 Å². The summed E-state index contributed by atoms with van der Waals surface area (Å²) in [5.41, 5.74) is 0.00504. The van der Waals surface area contributed by atoms with Crippen molar-refractivity contribution < 1.29 is 19.4 Å². The molecule has 2 heterocycles. The quantitative estimate of drug-likeness (QED) is 0.343. The molecule has 11 nitrogen and oxygen atoms in total. The predicted molar refractivity (Wildman–Crippen MR) is 135 cm³/mol. The molecule has 0 aliphatic carbocycles. The molecule has 2 aromatic carbocycles. The van der Waals surface area contributed by atoms with Crippen LogP contribution in [0.1, 0.15) is 16.1 Å². The summed E-state index contributed by atoms with van der Waals surface area (Å²) >= 11 is 5.98. The summed E-state index contributed by atoms with van der Waals surface area (Å²) in [6, 6.07) is 16.4.